The molecule has 0 radical (unpaired) electrons. The minimum atomic E-state index is 0.341. The van der Waals surface area contributed by atoms with Gasteiger partial charge in [-0.1, -0.05) is 23.7 Å². The molecule has 0 bridgehead atoms. The smallest absolute Gasteiger partial charge is 0.229 e. The third-order valence-corrected chi connectivity index (χ3v) is 5.13. The summed E-state index contributed by atoms with van der Waals surface area (Å²) in [6.07, 6.45) is 1.50. The van der Waals surface area contributed by atoms with Crippen LogP contribution in [0.1, 0.15) is 5.56 Å². The molecule has 3 aromatic rings. The number of nitriles is 1. The molecule has 0 aliphatic carbocycles. The molecule has 1 aromatic heterocycles. The monoisotopic (exact) mass is 436 g/mol. The van der Waals surface area contributed by atoms with Crippen molar-refractivity contribution in [3.05, 3.63) is 59.2 Å². The van der Waals surface area contributed by atoms with Crippen LogP contribution in [0.25, 0.3) is 0 Å². The van der Waals surface area contributed by atoms with Crippen LogP contribution < -0.4 is 20.3 Å². The number of nitrogens with one attached hydrogen (secondary N) is 2. The second-order valence-corrected chi connectivity index (χ2v) is 7.19. The molecule has 0 saturated carbocycles. The van der Waals surface area contributed by atoms with E-state index in [0.717, 1.165) is 24.5 Å². The van der Waals surface area contributed by atoms with Gasteiger partial charge in [0.15, 0.2) is 5.82 Å². The van der Waals surface area contributed by atoms with Crippen LogP contribution in [0.15, 0.2) is 48.7 Å². The number of ether oxygens (including phenoxy) is 2. The lowest BCUT2D eigenvalue weighted by Gasteiger charge is -2.29. The molecule has 158 valence electrons. The van der Waals surface area contributed by atoms with Crippen molar-refractivity contribution in [2.24, 2.45) is 0 Å². The molecule has 2 aromatic carbocycles. The van der Waals surface area contributed by atoms with Gasteiger partial charge < -0.3 is 25.0 Å². The summed E-state index contributed by atoms with van der Waals surface area (Å²) >= 11 is 6.27. The predicted molar refractivity (Wildman–Crippen MR) is 121 cm³/mol. The third kappa shape index (κ3) is 4.79. The molecule has 1 fully saturated rings. The minimum absolute atomic E-state index is 0.341. The summed E-state index contributed by atoms with van der Waals surface area (Å²) < 4.78 is 11.0. The summed E-state index contributed by atoms with van der Waals surface area (Å²) in [5, 5.41) is 15.9. The van der Waals surface area contributed by atoms with E-state index < -0.39 is 0 Å². The molecule has 1 aliphatic heterocycles. The van der Waals surface area contributed by atoms with Crippen LogP contribution in [0.2, 0.25) is 5.02 Å². The number of hydrogen-bond donors (Lipinski definition) is 2. The first-order valence-corrected chi connectivity index (χ1v) is 10.1. The van der Waals surface area contributed by atoms with Crippen molar-refractivity contribution < 1.29 is 9.47 Å². The maximum absolute atomic E-state index is 9.30. The highest BCUT2D eigenvalue weighted by Crippen LogP contribution is 2.33. The van der Waals surface area contributed by atoms with Crippen molar-refractivity contribution in [3.8, 4) is 11.8 Å². The summed E-state index contributed by atoms with van der Waals surface area (Å²) in [6.45, 7) is 3.11. The third-order valence-electron chi connectivity index (χ3n) is 4.85. The van der Waals surface area contributed by atoms with Crippen molar-refractivity contribution in [2.75, 3.05) is 48.9 Å². The van der Waals surface area contributed by atoms with E-state index in [9.17, 15) is 5.26 Å². The number of nitrogens with zero attached hydrogens (tertiary/aromatic N) is 4. The molecule has 31 heavy (non-hydrogen) atoms. The lowest BCUT2D eigenvalue weighted by Crippen LogP contribution is -2.36. The topological polar surface area (TPSA) is 95.3 Å². The Morgan fingerprint density at radius 3 is 2.71 bits per heavy atom. The maximum Gasteiger partial charge on any atom is 0.229 e. The van der Waals surface area contributed by atoms with Crippen LogP contribution in [-0.4, -0.2) is 43.4 Å². The molecule has 8 nitrogen and oxygen atoms in total. The Bertz CT molecular complexity index is 1110. The molecular formula is C22H21ClN6O2. The molecule has 2 N–H and O–H groups in total. The van der Waals surface area contributed by atoms with E-state index in [2.05, 4.69) is 31.6 Å². The van der Waals surface area contributed by atoms with E-state index in [1.54, 1.807) is 25.3 Å². The quantitative estimate of drug-likeness (QED) is 0.589. The molecular weight excluding hydrogens is 416 g/mol. The first-order valence-electron chi connectivity index (χ1n) is 9.74. The number of benzene rings is 2. The molecule has 1 saturated heterocycles. The van der Waals surface area contributed by atoms with Crippen LogP contribution in [0.5, 0.6) is 5.75 Å². The summed E-state index contributed by atoms with van der Waals surface area (Å²) in [5.41, 5.74) is 2.90. The van der Waals surface area contributed by atoms with Gasteiger partial charge >= 0.3 is 0 Å². The fourth-order valence-corrected chi connectivity index (χ4v) is 3.39. The normalized spacial score (nSPS) is 13.4. The highest BCUT2D eigenvalue weighted by atomic mass is 35.5. The Morgan fingerprint density at radius 1 is 1.13 bits per heavy atom. The molecule has 0 spiro atoms. The van der Waals surface area contributed by atoms with Crippen molar-refractivity contribution in [3.63, 3.8) is 0 Å². The number of methoxy groups -OCH3 is 1. The Hall–Kier alpha value is -3.54. The van der Waals surface area contributed by atoms with Crippen LogP contribution in [0.4, 0.5) is 28.8 Å². The fraction of sp³-hybridized carbons (Fsp3) is 0.227. The van der Waals surface area contributed by atoms with Crippen molar-refractivity contribution in [2.45, 2.75) is 0 Å². The van der Waals surface area contributed by atoms with Crippen molar-refractivity contribution in [1.82, 2.24) is 9.97 Å². The number of morpholine rings is 1. The van der Waals surface area contributed by atoms with Gasteiger partial charge in [-0.05, 0) is 24.3 Å². The summed E-state index contributed by atoms with van der Waals surface area (Å²) in [6, 6.07) is 15.2. The van der Waals surface area contributed by atoms with Gasteiger partial charge in [0.2, 0.25) is 5.95 Å². The number of para-hydroxylation sites is 1. The van der Waals surface area contributed by atoms with Gasteiger partial charge in [0.25, 0.3) is 0 Å². The highest BCUT2D eigenvalue weighted by molar-refractivity contribution is 6.32. The molecule has 0 amide bonds. The number of halogens is 1. The summed E-state index contributed by atoms with van der Waals surface area (Å²) in [5.74, 6) is 1.41. The van der Waals surface area contributed by atoms with Gasteiger partial charge in [-0.25, -0.2) is 4.98 Å². The average molecular weight is 437 g/mol. The van der Waals surface area contributed by atoms with Gasteiger partial charge in [-0.3, -0.25) is 0 Å². The lowest BCUT2D eigenvalue weighted by atomic mass is 10.2. The number of anilines is 5. The molecule has 4 rings (SSSR count). The average Bonchev–Trinajstić information content (AvgIpc) is 2.82. The van der Waals surface area contributed by atoms with Crippen LogP contribution in [-0.2, 0) is 4.74 Å². The Morgan fingerprint density at radius 2 is 1.94 bits per heavy atom. The van der Waals surface area contributed by atoms with Crippen LogP contribution in [0.3, 0.4) is 0 Å². The maximum atomic E-state index is 9.30. The van der Waals surface area contributed by atoms with Gasteiger partial charge in [-0.2, -0.15) is 10.2 Å². The van der Waals surface area contributed by atoms with E-state index >= 15 is 0 Å². The lowest BCUT2D eigenvalue weighted by molar-refractivity contribution is 0.122. The second kappa shape index (κ2) is 9.51. The minimum Gasteiger partial charge on any atom is -0.494 e. The van der Waals surface area contributed by atoms with Gasteiger partial charge in [-0.15, -0.1) is 0 Å². The Labute approximate surface area is 185 Å². The van der Waals surface area contributed by atoms with Gasteiger partial charge in [0.05, 0.1) is 43.5 Å². The first kappa shape index (κ1) is 20.7. The van der Waals surface area contributed by atoms with Gasteiger partial charge in [0, 0.05) is 24.8 Å². The first-order chi connectivity index (χ1) is 15.2. The van der Waals surface area contributed by atoms with Crippen molar-refractivity contribution >= 4 is 40.4 Å². The number of aromatic nitrogens is 2. The van der Waals surface area contributed by atoms with E-state index in [1.807, 2.05) is 24.3 Å². The number of hydrogen-bond acceptors (Lipinski definition) is 8. The van der Waals surface area contributed by atoms with Crippen LogP contribution >= 0.6 is 11.6 Å². The number of rotatable bonds is 6. The van der Waals surface area contributed by atoms with E-state index in [4.69, 9.17) is 21.1 Å². The van der Waals surface area contributed by atoms with Crippen molar-refractivity contribution in [1.29, 1.82) is 5.26 Å². The molecule has 0 atom stereocenters. The Kier molecular flexibility index (Phi) is 6.36. The molecule has 2 heterocycles. The SMILES string of the molecule is COc1cc(N2CCOCC2)ccc1Nc1ncc(Cl)c(Nc2ccccc2C#N)n1. The zero-order valence-electron chi connectivity index (χ0n) is 16.9. The summed E-state index contributed by atoms with van der Waals surface area (Å²) in [4.78, 5) is 11.0. The predicted octanol–water partition coefficient (Wildman–Crippen LogP) is 4.33. The zero-order chi connectivity index (χ0) is 21.6. The Balaban J connectivity index is 1.57. The highest BCUT2D eigenvalue weighted by Gasteiger charge is 2.15. The molecule has 0 unspecified atom stereocenters. The molecule has 1 aliphatic rings. The zero-order valence-corrected chi connectivity index (χ0v) is 17.7. The van der Waals surface area contributed by atoms with E-state index in [-0.39, 0.29) is 0 Å². The molecule has 9 heteroatoms. The largest absolute Gasteiger partial charge is 0.494 e. The second-order valence-electron chi connectivity index (χ2n) is 6.78. The standard InChI is InChI=1S/C22H21ClN6O2/c1-30-20-12-16(29-8-10-31-11-9-29)6-7-19(20)27-22-25-14-17(23)21(28-22)26-18-5-3-2-4-15(18)13-24/h2-7,12,14H,8-11H2,1H3,(H2,25,26,27,28). The summed E-state index contributed by atoms with van der Waals surface area (Å²) in [7, 11) is 1.62. The fourth-order valence-electron chi connectivity index (χ4n) is 3.25. The van der Waals surface area contributed by atoms with Crippen LogP contribution in [0, 0.1) is 11.3 Å². The van der Waals surface area contributed by atoms with E-state index in [0.29, 0.717) is 47.0 Å². The van der Waals surface area contributed by atoms with Gasteiger partial charge in [0.1, 0.15) is 16.8 Å². The van der Waals surface area contributed by atoms with E-state index in [1.165, 1.54) is 6.20 Å².